The Balaban J connectivity index is 2.03. The van der Waals surface area contributed by atoms with Crippen LogP contribution < -0.4 is 10.6 Å². The maximum Gasteiger partial charge on any atom is 0.326 e. The number of carboxylic acids is 1. The van der Waals surface area contributed by atoms with E-state index in [4.69, 9.17) is 5.73 Å². The molecule has 0 aromatic heterocycles. The van der Waals surface area contributed by atoms with E-state index in [0.29, 0.717) is 18.2 Å². The van der Waals surface area contributed by atoms with Gasteiger partial charge in [-0.25, -0.2) is 9.18 Å². The molecule has 1 aromatic carbocycles. The van der Waals surface area contributed by atoms with Crippen LogP contribution in [0.2, 0.25) is 0 Å². The van der Waals surface area contributed by atoms with Crippen molar-refractivity contribution in [3.05, 3.63) is 29.6 Å². The van der Waals surface area contributed by atoms with Gasteiger partial charge in [0.2, 0.25) is 0 Å². The van der Waals surface area contributed by atoms with Crippen molar-refractivity contribution in [3.63, 3.8) is 0 Å². The number of hydrogen-bond acceptors (Lipinski definition) is 3. The minimum atomic E-state index is -0.899. The van der Waals surface area contributed by atoms with Gasteiger partial charge in [-0.2, -0.15) is 0 Å². The second-order valence-electron chi connectivity index (χ2n) is 5.82. The molecule has 3 rings (SSSR count). The van der Waals surface area contributed by atoms with Gasteiger partial charge in [0.1, 0.15) is 11.9 Å². The van der Waals surface area contributed by atoms with Crippen molar-refractivity contribution in [3.8, 4) is 0 Å². The van der Waals surface area contributed by atoms with Crippen molar-refractivity contribution in [2.75, 3.05) is 11.4 Å². The third-order valence-electron chi connectivity index (χ3n) is 4.68. The van der Waals surface area contributed by atoms with Crippen LogP contribution in [0.3, 0.4) is 0 Å². The van der Waals surface area contributed by atoms with E-state index in [-0.39, 0.29) is 11.5 Å². The fraction of sp³-hybridized carbons (Fsp3) is 0.467. The van der Waals surface area contributed by atoms with Crippen LogP contribution in [-0.2, 0) is 4.79 Å². The second kappa shape index (κ2) is 5.02. The Kier molecular flexibility index (Phi) is 3.31. The summed E-state index contributed by atoms with van der Waals surface area (Å²) in [7, 11) is 0. The molecule has 1 heterocycles. The Morgan fingerprint density at radius 1 is 1.33 bits per heavy atom. The van der Waals surface area contributed by atoms with Crippen molar-refractivity contribution in [1.29, 1.82) is 0 Å². The monoisotopic (exact) mass is 292 g/mol. The minimum absolute atomic E-state index is 0.0428. The van der Waals surface area contributed by atoms with Crippen molar-refractivity contribution < 1.29 is 19.1 Å². The Hall–Kier alpha value is -2.11. The molecule has 0 radical (unpaired) electrons. The van der Waals surface area contributed by atoms with Crippen molar-refractivity contribution in [2.45, 2.75) is 25.3 Å². The largest absolute Gasteiger partial charge is 0.480 e. The highest BCUT2D eigenvalue weighted by Gasteiger charge is 2.48. The molecular formula is C15H17FN2O3. The number of fused-ring (bicyclic) bond motifs is 1. The molecule has 1 aliphatic heterocycles. The lowest BCUT2D eigenvalue weighted by molar-refractivity contribution is -0.139. The number of halogens is 1. The third-order valence-corrected chi connectivity index (χ3v) is 4.68. The van der Waals surface area contributed by atoms with Crippen molar-refractivity contribution in [1.82, 2.24) is 0 Å². The average molecular weight is 292 g/mol. The van der Waals surface area contributed by atoms with Gasteiger partial charge < -0.3 is 15.7 Å². The number of benzene rings is 1. The molecule has 1 aromatic rings. The lowest BCUT2D eigenvalue weighted by atomic mass is 9.94. The summed E-state index contributed by atoms with van der Waals surface area (Å²) in [5.41, 5.74) is 5.77. The number of amides is 1. The Morgan fingerprint density at radius 2 is 2.10 bits per heavy atom. The maximum absolute atomic E-state index is 13.3. The van der Waals surface area contributed by atoms with Crippen LogP contribution in [-0.4, -0.2) is 29.6 Å². The highest BCUT2D eigenvalue weighted by molar-refractivity contribution is 5.99. The fourth-order valence-corrected chi connectivity index (χ4v) is 3.83. The molecule has 1 saturated carbocycles. The number of aliphatic carboxylic acids is 1. The molecule has 112 valence electrons. The average Bonchev–Trinajstić information content (AvgIpc) is 2.97. The molecule has 1 aliphatic carbocycles. The molecule has 1 saturated heterocycles. The Bertz CT molecular complexity index is 605. The van der Waals surface area contributed by atoms with Gasteiger partial charge in [-0.15, -0.1) is 0 Å². The van der Waals surface area contributed by atoms with E-state index in [9.17, 15) is 19.1 Å². The topological polar surface area (TPSA) is 83.6 Å². The second-order valence-corrected chi connectivity index (χ2v) is 5.82. The number of carbonyl (C=O) groups is 2. The van der Waals surface area contributed by atoms with E-state index >= 15 is 0 Å². The molecule has 21 heavy (non-hydrogen) atoms. The molecule has 6 heteroatoms. The SMILES string of the molecule is NC(=O)c1cc(F)ccc1N1CC2CCCC2C1C(=O)O. The molecular weight excluding hydrogens is 275 g/mol. The Morgan fingerprint density at radius 3 is 2.76 bits per heavy atom. The third kappa shape index (κ3) is 2.24. The summed E-state index contributed by atoms with van der Waals surface area (Å²) in [5.74, 6) is -1.79. The first-order valence-corrected chi connectivity index (χ1v) is 7.08. The predicted octanol–water partition coefficient (Wildman–Crippen LogP) is 1.61. The molecule has 5 nitrogen and oxygen atoms in total. The van der Waals surface area contributed by atoms with Crippen LogP contribution in [0, 0.1) is 17.7 Å². The van der Waals surface area contributed by atoms with Gasteiger partial charge in [0.05, 0.1) is 11.3 Å². The van der Waals surface area contributed by atoms with E-state index in [2.05, 4.69) is 0 Å². The zero-order chi connectivity index (χ0) is 15.1. The van der Waals surface area contributed by atoms with E-state index in [1.54, 1.807) is 4.90 Å². The van der Waals surface area contributed by atoms with E-state index in [0.717, 1.165) is 25.3 Å². The number of hydrogen-bond donors (Lipinski definition) is 2. The molecule has 1 amide bonds. The van der Waals surface area contributed by atoms with Crippen LogP contribution in [0.15, 0.2) is 18.2 Å². The summed E-state index contributed by atoms with van der Waals surface area (Å²) < 4.78 is 13.3. The lowest BCUT2D eigenvalue weighted by Crippen LogP contribution is -2.40. The van der Waals surface area contributed by atoms with Gasteiger partial charge in [0, 0.05) is 6.54 Å². The molecule has 2 fully saturated rings. The molecule has 2 aliphatic rings. The first-order valence-electron chi connectivity index (χ1n) is 7.08. The van der Waals surface area contributed by atoms with Crippen LogP contribution >= 0.6 is 0 Å². The summed E-state index contributed by atoms with van der Waals surface area (Å²) in [6.45, 7) is 0.577. The van der Waals surface area contributed by atoms with Gasteiger partial charge >= 0.3 is 5.97 Å². The smallest absolute Gasteiger partial charge is 0.326 e. The molecule has 3 unspecified atom stereocenters. The number of anilines is 1. The van der Waals surface area contributed by atoms with E-state index < -0.39 is 23.7 Å². The number of nitrogens with two attached hydrogens (primary N) is 1. The van der Waals surface area contributed by atoms with Crippen molar-refractivity contribution >= 4 is 17.6 Å². The van der Waals surface area contributed by atoms with Crippen LogP contribution in [0.25, 0.3) is 0 Å². The summed E-state index contributed by atoms with van der Waals surface area (Å²) in [5, 5.41) is 9.54. The quantitative estimate of drug-likeness (QED) is 0.886. The van der Waals surface area contributed by atoms with Crippen LogP contribution in [0.4, 0.5) is 10.1 Å². The predicted molar refractivity (Wildman–Crippen MR) is 74.5 cm³/mol. The highest BCUT2D eigenvalue weighted by Crippen LogP contribution is 2.44. The zero-order valence-corrected chi connectivity index (χ0v) is 11.5. The summed E-state index contributed by atoms with van der Waals surface area (Å²) in [6.07, 6.45) is 2.92. The molecule has 0 spiro atoms. The van der Waals surface area contributed by atoms with E-state index in [1.165, 1.54) is 12.1 Å². The number of nitrogens with zero attached hydrogens (tertiary/aromatic N) is 1. The van der Waals surface area contributed by atoms with Gasteiger partial charge in [0.25, 0.3) is 5.91 Å². The van der Waals surface area contributed by atoms with Crippen LogP contribution in [0.5, 0.6) is 0 Å². The number of rotatable bonds is 3. The summed E-state index contributed by atoms with van der Waals surface area (Å²) in [4.78, 5) is 24.9. The number of carbonyl (C=O) groups excluding carboxylic acids is 1. The first kappa shape index (κ1) is 13.9. The van der Waals surface area contributed by atoms with Gasteiger partial charge in [0.15, 0.2) is 0 Å². The molecule has 3 atom stereocenters. The zero-order valence-electron chi connectivity index (χ0n) is 11.5. The maximum atomic E-state index is 13.3. The first-order chi connectivity index (χ1) is 9.99. The molecule has 0 bridgehead atoms. The number of primary amides is 1. The van der Waals surface area contributed by atoms with Gasteiger partial charge in [-0.1, -0.05) is 6.42 Å². The van der Waals surface area contributed by atoms with Crippen molar-refractivity contribution in [2.24, 2.45) is 17.6 Å². The summed E-state index contributed by atoms with van der Waals surface area (Å²) >= 11 is 0. The van der Waals surface area contributed by atoms with Gasteiger partial charge in [-0.05, 0) is 42.9 Å². The Labute approximate surface area is 121 Å². The van der Waals surface area contributed by atoms with E-state index in [1.807, 2.05) is 0 Å². The minimum Gasteiger partial charge on any atom is -0.480 e. The normalized spacial score (nSPS) is 27.7. The van der Waals surface area contributed by atoms with Gasteiger partial charge in [-0.3, -0.25) is 4.79 Å². The highest BCUT2D eigenvalue weighted by atomic mass is 19.1. The standard InChI is InChI=1S/C15H17FN2O3/c16-9-4-5-12(11(6-9)14(17)19)18-7-8-2-1-3-10(8)13(18)15(20)21/h4-6,8,10,13H,1-3,7H2,(H2,17,19)(H,20,21). The molecule has 3 N–H and O–H groups in total. The fourth-order valence-electron chi connectivity index (χ4n) is 3.83. The van der Waals surface area contributed by atoms with Crippen LogP contribution in [0.1, 0.15) is 29.6 Å². The number of carboxylic acid groups (broad SMARTS) is 1. The lowest BCUT2D eigenvalue weighted by Gasteiger charge is -2.27. The summed E-state index contributed by atoms with van der Waals surface area (Å²) in [6, 6.07) is 3.09.